The number of benzene rings is 2. The van der Waals surface area contributed by atoms with Gasteiger partial charge in [-0.05, 0) is 54.6 Å². The largest absolute Gasteiger partial charge is 0.497 e. The third kappa shape index (κ3) is 3.83. The highest BCUT2D eigenvalue weighted by Gasteiger charge is 2.12. The Balaban J connectivity index is 1.95. The highest BCUT2D eigenvalue weighted by atomic mass is 35.5. The number of aromatic nitrogens is 4. The van der Waals surface area contributed by atoms with Crippen LogP contribution in [0.5, 0.6) is 5.75 Å². The molecule has 4 aromatic rings. The maximum Gasteiger partial charge on any atom is 0.262 e. The van der Waals surface area contributed by atoms with Gasteiger partial charge in [-0.2, -0.15) is 5.10 Å². The van der Waals surface area contributed by atoms with E-state index in [9.17, 15) is 9.59 Å². The molecule has 0 aliphatic rings. The van der Waals surface area contributed by atoms with Crippen molar-refractivity contribution >= 4 is 24.3 Å². The topological polar surface area (TPSA) is 92.8 Å². The predicted molar refractivity (Wildman–Crippen MR) is 117 cm³/mol. The van der Waals surface area contributed by atoms with Gasteiger partial charge >= 0.3 is 0 Å². The Morgan fingerprint density at radius 2 is 1.67 bits per heavy atom. The van der Waals surface area contributed by atoms with E-state index >= 15 is 0 Å². The number of nitrogens with one attached hydrogen (secondary N) is 2. The number of ether oxygens (including phenoxy) is 1. The molecule has 0 radical (unpaired) electrons. The Kier molecular flexibility index (Phi) is 5.12. The number of hydrogen-bond acceptors (Lipinski definition) is 4. The summed E-state index contributed by atoms with van der Waals surface area (Å²) in [6.07, 6.45) is 3.26. The van der Waals surface area contributed by atoms with E-state index in [0.29, 0.717) is 22.0 Å². The van der Waals surface area contributed by atoms with E-state index in [-0.39, 0.29) is 10.7 Å². The van der Waals surface area contributed by atoms with E-state index in [2.05, 4.69) is 21.6 Å². The number of hydrogen-bond donors (Lipinski definition) is 2. The van der Waals surface area contributed by atoms with Crippen molar-refractivity contribution in [2.75, 3.05) is 7.11 Å². The maximum absolute atomic E-state index is 12.3. The molecule has 0 aliphatic carbocycles. The molecule has 7 nitrogen and oxygen atoms in total. The molecule has 0 fully saturated rings. The van der Waals surface area contributed by atoms with Crippen LogP contribution in [-0.4, -0.2) is 26.9 Å². The summed E-state index contributed by atoms with van der Waals surface area (Å²) >= 11 is 5.99. The fourth-order valence-electron chi connectivity index (χ4n) is 3.02. The number of aromatic amines is 2. The zero-order valence-electron chi connectivity index (χ0n) is 16.0. The standard InChI is InChI=1S/C22H17ClN4O3/c1-13-24-21(28)19(22(29)25-13)11-15-12-27(17-7-5-16(23)6-8-17)26-20(15)14-3-9-18(30-2)10-4-14/h3-12H,1H2,2H3,(H,24,28)(H,25,29). The van der Waals surface area contributed by atoms with Crippen LogP contribution < -0.4 is 26.6 Å². The summed E-state index contributed by atoms with van der Waals surface area (Å²) in [7, 11) is 1.59. The van der Waals surface area contributed by atoms with E-state index in [0.717, 1.165) is 11.3 Å². The molecule has 0 saturated heterocycles. The van der Waals surface area contributed by atoms with E-state index < -0.39 is 11.1 Å². The van der Waals surface area contributed by atoms with Crippen LogP contribution in [-0.2, 0) is 0 Å². The average Bonchev–Trinajstić information content (AvgIpc) is 3.15. The molecule has 2 N–H and O–H groups in total. The molecular weight excluding hydrogens is 404 g/mol. The van der Waals surface area contributed by atoms with Gasteiger partial charge in [0.25, 0.3) is 11.1 Å². The first-order valence-electron chi connectivity index (χ1n) is 8.98. The van der Waals surface area contributed by atoms with Gasteiger partial charge in [-0.15, -0.1) is 0 Å². The predicted octanol–water partition coefficient (Wildman–Crippen LogP) is 1.82. The summed E-state index contributed by atoms with van der Waals surface area (Å²) in [5.41, 5.74) is 1.89. The van der Waals surface area contributed by atoms with Crippen LogP contribution in [0.1, 0.15) is 5.56 Å². The van der Waals surface area contributed by atoms with Gasteiger partial charge in [-0.25, -0.2) is 4.68 Å². The second-order valence-electron chi connectivity index (χ2n) is 6.53. The summed E-state index contributed by atoms with van der Waals surface area (Å²) < 4.78 is 6.88. The SMILES string of the molecule is C=c1[nH]c(=O)c(=Cc2cn(-c3ccc(Cl)cc3)nc2-c2ccc(OC)cc2)c(=O)[nH]1. The molecule has 150 valence electrons. The highest BCUT2D eigenvalue weighted by molar-refractivity contribution is 6.30. The summed E-state index contributed by atoms with van der Waals surface area (Å²) in [5, 5.41) is 5.25. The lowest BCUT2D eigenvalue weighted by Gasteiger charge is -2.03. The van der Waals surface area contributed by atoms with Crippen molar-refractivity contribution in [3.63, 3.8) is 0 Å². The molecule has 0 bridgehead atoms. The number of nitrogens with zero attached hydrogens (tertiary/aromatic N) is 2. The van der Waals surface area contributed by atoms with E-state index in [1.54, 1.807) is 30.1 Å². The summed E-state index contributed by atoms with van der Waals surface area (Å²) in [6.45, 7) is 3.56. The summed E-state index contributed by atoms with van der Waals surface area (Å²) in [5.74, 6) is 0.709. The van der Waals surface area contributed by atoms with Gasteiger partial charge in [0.15, 0.2) is 0 Å². The number of rotatable bonds is 4. The molecule has 0 amide bonds. The molecule has 0 saturated carbocycles. The molecule has 30 heavy (non-hydrogen) atoms. The van der Waals surface area contributed by atoms with Crippen molar-refractivity contribution in [1.29, 1.82) is 0 Å². The quantitative estimate of drug-likeness (QED) is 0.526. The zero-order chi connectivity index (χ0) is 21.3. The van der Waals surface area contributed by atoms with Gasteiger partial charge in [0, 0.05) is 22.3 Å². The van der Waals surface area contributed by atoms with Crippen molar-refractivity contribution in [1.82, 2.24) is 19.7 Å². The zero-order valence-corrected chi connectivity index (χ0v) is 16.7. The molecule has 0 spiro atoms. The molecule has 2 aromatic heterocycles. The van der Waals surface area contributed by atoms with E-state index in [1.807, 2.05) is 36.4 Å². The smallest absolute Gasteiger partial charge is 0.262 e. The van der Waals surface area contributed by atoms with E-state index in [4.69, 9.17) is 16.3 Å². The highest BCUT2D eigenvalue weighted by Crippen LogP contribution is 2.26. The fraction of sp³-hybridized carbons (Fsp3) is 0.0455. The van der Waals surface area contributed by atoms with Gasteiger partial charge in [0.1, 0.15) is 16.4 Å². The summed E-state index contributed by atoms with van der Waals surface area (Å²) in [6, 6.07) is 14.5. The maximum atomic E-state index is 12.3. The molecule has 4 rings (SSSR count). The van der Waals surface area contributed by atoms with Crippen LogP contribution in [0.4, 0.5) is 0 Å². The minimum absolute atomic E-state index is 0.0344. The van der Waals surface area contributed by atoms with Crippen molar-refractivity contribution in [3.05, 3.63) is 96.7 Å². The van der Waals surface area contributed by atoms with Crippen molar-refractivity contribution < 1.29 is 4.74 Å². The first-order chi connectivity index (χ1) is 14.4. The van der Waals surface area contributed by atoms with Gasteiger partial charge in [0.05, 0.1) is 18.5 Å². The molecular formula is C22H17ClN4O3. The third-order valence-corrected chi connectivity index (χ3v) is 4.77. The molecule has 8 heteroatoms. The second-order valence-corrected chi connectivity index (χ2v) is 6.96. The first kappa shape index (κ1) is 19.5. The van der Waals surface area contributed by atoms with Crippen molar-refractivity contribution in [2.45, 2.75) is 0 Å². The van der Waals surface area contributed by atoms with Gasteiger partial charge < -0.3 is 14.7 Å². The van der Waals surface area contributed by atoms with Crippen LogP contribution >= 0.6 is 11.6 Å². The minimum atomic E-state index is -0.524. The first-order valence-corrected chi connectivity index (χ1v) is 9.36. The lowest BCUT2D eigenvalue weighted by atomic mass is 10.1. The monoisotopic (exact) mass is 420 g/mol. The Morgan fingerprint density at radius 3 is 2.27 bits per heavy atom. The normalized spacial score (nSPS) is 10.7. The Morgan fingerprint density at radius 1 is 1.03 bits per heavy atom. The van der Waals surface area contributed by atoms with Gasteiger partial charge in [0.2, 0.25) is 0 Å². The number of methoxy groups -OCH3 is 1. The molecule has 0 aliphatic heterocycles. The Hall–Kier alpha value is -3.84. The summed E-state index contributed by atoms with van der Waals surface area (Å²) in [4.78, 5) is 29.6. The van der Waals surface area contributed by atoms with Crippen LogP contribution in [0.25, 0.3) is 29.6 Å². The fourth-order valence-corrected chi connectivity index (χ4v) is 3.15. The second kappa shape index (κ2) is 7.88. The minimum Gasteiger partial charge on any atom is -0.497 e. The van der Waals surface area contributed by atoms with Crippen LogP contribution in [0, 0.1) is 0 Å². The lowest BCUT2D eigenvalue weighted by Crippen LogP contribution is -2.47. The third-order valence-electron chi connectivity index (χ3n) is 4.52. The van der Waals surface area contributed by atoms with Crippen LogP contribution in [0.2, 0.25) is 5.02 Å². The van der Waals surface area contributed by atoms with Crippen molar-refractivity contribution in [3.8, 4) is 22.7 Å². The molecule has 2 heterocycles. The van der Waals surface area contributed by atoms with Crippen molar-refractivity contribution in [2.24, 2.45) is 0 Å². The Labute approximate surface area is 175 Å². The van der Waals surface area contributed by atoms with E-state index in [1.165, 1.54) is 6.08 Å². The number of H-pyrrole nitrogens is 2. The molecule has 0 atom stereocenters. The van der Waals surface area contributed by atoms with Crippen LogP contribution in [0.3, 0.4) is 0 Å². The number of halogens is 1. The Bertz CT molecular complexity index is 1390. The van der Waals surface area contributed by atoms with Crippen LogP contribution in [0.15, 0.2) is 64.3 Å². The molecule has 0 unspecified atom stereocenters. The lowest BCUT2D eigenvalue weighted by molar-refractivity contribution is 0.415. The average molecular weight is 421 g/mol. The van der Waals surface area contributed by atoms with Gasteiger partial charge in [-0.1, -0.05) is 18.2 Å². The molecule has 2 aromatic carbocycles. The van der Waals surface area contributed by atoms with Gasteiger partial charge in [-0.3, -0.25) is 9.59 Å².